The molecule has 0 saturated carbocycles. The molecule has 0 amide bonds. The summed E-state index contributed by atoms with van der Waals surface area (Å²) in [6.45, 7) is 4.47. The minimum atomic E-state index is -0.149. The second-order valence-electron chi connectivity index (χ2n) is 3.88. The summed E-state index contributed by atoms with van der Waals surface area (Å²) in [6.07, 6.45) is -0.149. The summed E-state index contributed by atoms with van der Waals surface area (Å²) in [4.78, 5) is 4.33. The molecule has 0 aliphatic rings. The number of hydrogen-bond acceptors (Lipinski definition) is 5. The average Bonchev–Trinajstić information content (AvgIpc) is 2.89. The third kappa shape index (κ3) is 2.68. The number of nitrogens with zero attached hydrogens (tertiary/aromatic N) is 2. The molecule has 0 saturated heterocycles. The number of nitrogens with one attached hydrogen (secondary N) is 1. The SMILES string of the molecule is CCOC(C)c1noc(-c2ccc(NC)cc2)n1. The van der Waals surface area contributed by atoms with Gasteiger partial charge in [-0.05, 0) is 38.1 Å². The minimum absolute atomic E-state index is 0.149. The molecule has 5 nitrogen and oxygen atoms in total. The maximum atomic E-state index is 5.42. The number of ether oxygens (including phenoxy) is 1. The van der Waals surface area contributed by atoms with Gasteiger partial charge in [-0.1, -0.05) is 5.16 Å². The van der Waals surface area contributed by atoms with Crippen LogP contribution in [0.15, 0.2) is 28.8 Å². The summed E-state index contributed by atoms with van der Waals surface area (Å²) < 4.78 is 10.6. The van der Waals surface area contributed by atoms with Gasteiger partial charge in [0.2, 0.25) is 5.82 Å². The van der Waals surface area contributed by atoms with E-state index in [9.17, 15) is 0 Å². The number of anilines is 1. The van der Waals surface area contributed by atoms with Gasteiger partial charge in [-0.15, -0.1) is 0 Å². The van der Waals surface area contributed by atoms with Crippen LogP contribution in [0.1, 0.15) is 25.8 Å². The average molecular weight is 247 g/mol. The second kappa shape index (κ2) is 5.64. The van der Waals surface area contributed by atoms with E-state index >= 15 is 0 Å². The first-order valence-corrected chi connectivity index (χ1v) is 5.98. The molecule has 2 aromatic rings. The highest BCUT2D eigenvalue weighted by atomic mass is 16.5. The summed E-state index contributed by atoms with van der Waals surface area (Å²) in [6, 6.07) is 7.80. The normalized spacial score (nSPS) is 12.4. The first-order valence-electron chi connectivity index (χ1n) is 5.98. The van der Waals surface area contributed by atoms with Crippen LogP contribution in [0.3, 0.4) is 0 Å². The van der Waals surface area contributed by atoms with Gasteiger partial charge in [-0.2, -0.15) is 4.98 Å². The fourth-order valence-corrected chi connectivity index (χ4v) is 1.62. The minimum Gasteiger partial charge on any atom is -0.388 e. The summed E-state index contributed by atoms with van der Waals surface area (Å²) >= 11 is 0. The van der Waals surface area contributed by atoms with E-state index in [2.05, 4.69) is 15.5 Å². The van der Waals surface area contributed by atoms with Crippen molar-refractivity contribution >= 4 is 5.69 Å². The zero-order valence-electron chi connectivity index (χ0n) is 10.8. The lowest BCUT2D eigenvalue weighted by atomic mass is 10.2. The number of benzene rings is 1. The summed E-state index contributed by atoms with van der Waals surface area (Å²) in [5.74, 6) is 1.09. The van der Waals surface area contributed by atoms with E-state index < -0.39 is 0 Å². The lowest BCUT2D eigenvalue weighted by molar-refractivity contribution is 0.0683. The third-order valence-corrected chi connectivity index (χ3v) is 2.64. The van der Waals surface area contributed by atoms with Gasteiger partial charge in [0.25, 0.3) is 5.89 Å². The zero-order chi connectivity index (χ0) is 13.0. The summed E-state index contributed by atoms with van der Waals surface area (Å²) in [5.41, 5.74) is 1.94. The van der Waals surface area contributed by atoms with E-state index in [1.807, 2.05) is 45.2 Å². The highest BCUT2D eigenvalue weighted by Crippen LogP contribution is 2.22. The van der Waals surface area contributed by atoms with E-state index in [-0.39, 0.29) is 6.10 Å². The van der Waals surface area contributed by atoms with Crippen molar-refractivity contribution in [1.82, 2.24) is 10.1 Å². The molecule has 0 spiro atoms. The van der Waals surface area contributed by atoms with Gasteiger partial charge in [0.05, 0.1) is 0 Å². The summed E-state index contributed by atoms with van der Waals surface area (Å²) in [7, 11) is 1.88. The first-order chi connectivity index (χ1) is 8.74. The molecule has 18 heavy (non-hydrogen) atoms. The Hall–Kier alpha value is -1.88. The molecule has 1 heterocycles. The van der Waals surface area contributed by atoms with E-state index in [0.717, 1.165) is 11.3 Å². The largest absolute Gasteiger partial charge is 0.388 e. The van der Waals surface area contributed by atoms with E-state index in [1.54, 1.807) is 0 Å². The van der Waals surface area contributed by atoms with Crippen molar-refractivity contribution in [3.63, 3.8) is 0 Å². The Morgan fingerprint density at radius 1 is 1.33 bits per heavy atom. The molecule has 5 heteroatoms. The smallest absolute Gasteiger partial charge is 0.258 e. The summed E-state index contributed by atoms with van der Waals surface area (Å²) in [5, 5.41) is 6.99. The predicted octanol–water partition coefficient (Wildman–Crippen LogP) is 2.88. The van der Waals surface area contributed by atoms with Crippen LogP contribution in [-0.2, 0) is 4.74 Å². The Labute approximate surface area is 106 Å². The zero-order valence-corrected chi connectivity index (χ0v) is 10.8. The van der Waals surface area contributed by atoms with Crippen LogP contribution in [0.4, 0.5) is 5.69 Å². The molecule has 1 aromatic heterocycles. The van der Waals surface area contributed by atoms with E-state index in [1.165, 1.54) is 0 Å². The molecule has 2 rings (SSSR count). The van der Waals surface area contributed by atoms with Crippen molar-refractivity contribution in [2.45, 2.75) is 20.0 Å². The van der Waals surface area contributed by atoms with Crippen molar-refractivity contribution in [2.24, 2.45) is 0 Å². The molecule has 0 fully saturated rings. The van der Waals surface area contributed by atoms with Crippen LogP contribution in [0.2, 0.25) is 0 Å². The van der Waals surface area contributed by atoms with Crippen LogP contribution in [0.5, 0.6) is 0 Å². The van der Waals surface area contributed by atoms with Gasteiger partial charge in [0.15, 0.2) is 0 Å². The highest BCUT2D eigenvalue weighted by molar-refractivity contribution is 5.58. The van der Waals surface area contributed by atoms with Crippen molar-refractivity contribution in [3.05, 3.63) is 30.1 Å². The van der Waals surface area contributed by atoms with Crippen molar-refractivity contribution in [1.29, 1.82) is 0 Å². The first kappa shape index (κ1) is 12.6. The Bertz CT molecular complexity index is 493. The van der Waals surface area contributed by atoms with Crippen LogP contribution in [0.25, 0.3) is 11.5 Å². The van der Waals surface area contributed by atoms with Crippen LogP contribution in [-0.4, -0.2) is 23.8 Å². The van der Waals surface area contributed by atoms with Gasteiger partial charge >= 0.3 is 0 Å². The number of aromatic nitrogens is 2. The van der Waals surface area contributed by atoms with Crippen LogP contribution >= 0.6 is 0 Å². The van der Waals surface area contributed by atoms with Crippen molar-refractivity contribution in [3.8, 4) is 11.5 Å². The number of hydrogen-bond donors (Lipinski definition) is 1. The maximum Gasteiger partial charge on any atom is 0.258 e. The Balaban J connectivity index is 2.18. The molecule has 1 atom stereocenters. The number of rotatable bonds is 5. The predicted molar refractivity (Wildman–Crippen MR) is 69.3 cm³/mol. The van der Waals surface area contributed by atoms with Crippen molar-refractivity contribution < 1.29 is 9.26 Å². The lowest BCUT2D eigenvalue weighted by Crippen LogP contribution is -2.01. The maximum absolute atomic E-state index is 5.42. The van der Waals surface area contributed by atoms with Gasteiger partial charge in [0.1, 0.15) is 6.10 Å². The lowest BCUT2D eigenvalue weighted by Gasteiger charge is -2.04. The Morgan fingerprint density at radius 3 is 2.67 bits per heavy atom. The molecule has 96 valence electrons. The highest BCUT2D eigenvalue weighted by Gasteiger charge is 2.14. The Kier molecular flexibility index (Phi) is 3.94. The van der Waals surface area contributed by atoms with E-state index in [4.69, 9.17) is 9.26 Å². The van der Waals surface area contributed by atoms with Crippen LogP contribution in [0, 0.1) is 0 Å². The topological polar surface area (TPSA) is 60.2 Å². The van der Waals surface area contributed by atoms with Gasteiger partial charge < -0.3 is 14.6 Å². The fraction of sp³-hybridized carbons (Fsp3) is 0.385. The molecule has 0 bridgehead atoms. The quantitative estimate of drug-likeness (QED) is 0.880. The molecule has 1 unspecified atom stereocenters. The molecule has 0 radical (unpaired) electrons. The van der Waals surface area contributed by atoms with Gasteiger partial charge in [-0.3, -0.25) is 0 Å². The molecule has 0 aliphatic carbocycles. The molecular weight excluding hydrogens is 230 g/mol. The Morgan fingerprint density at radius 2 is 2.06 bits per heavy atom. The molecule has 0 aliphatic heterocycles. The standard InChI is InChI=1S/C13H17N3O2/c1-4-17-9(2)12-15-13(18-16-12)10-5-7-11(14-3)8-6-10/h5-9,14H,4H2,1-3H3. The molecule has 1 N–H and O–H groups in total. The van der Waals surface area contributed by atoms with Gasteiger partial charge in [0, 0.05) is 24.9 Å². The van der Waals surface area contributed by atoms with Crippen molar-refractivity contribution in [2.75, 3.05) is 19.0 Å². The van der Waals surface area contributed by atoms with Crippen LogP contribution < -0.4 is 5.32 Å². The second-order valence-corrected chi connectivity index (χ2v) is 3.88. The van der Waals surface area contributed by atoms with E-state index in [0.29, 0.717) is 18.3 Å². The third-order valence-electron chi connectivity index (χ3n) is 2.64. The fourth-order valence-electron chi connectivity index (χ4n) is 1.62. The monoisotopic (exact) mass is 247 g/mol. The molecule has 1 aromatic carbocycles. The molecular formula is C13H17N3O2. The van der Waals surface area contributed by atoms with Gasteiger partial charge in [-0.25, -0.2) is 0 Å².